The van der Waals surface area contributed by atoms with Crippen LogP contribution in [0.15, 0.2) is 103 Å². The van der Waals surface area contributed by atoms with Crippen LogP contribution in [-0.4, -0.2) is 161 Å². The van der Waals surface area contributed by atoms with Crippen molar-refractivity contribution in [2.75, 3.05) is 13.2 Å². The first kappa shape index (κ1) is 48.5. The molecule has 21 nitrogen and oxygen atoms in total. The highest BCUT2D eigenvalue weighted by Crippen LogP contribution is 2.55. The summed E-state index contributed by atoms with van der Waals surface area (Å²) < 4.78 is 39.4. The monoisotopic (exact) mass is 948 g/mol. The highest BCUT2D eigenvalue weighted by Gasteiger charge is 2.71. The fourth-order valence-electron chi connectivity index (χ4n) is 9.21. The topological polar surface area (TPSA) is 332 Å². The first-order valence-corrected chi connectivity index (χ1v) is 21.5. The number of ketones is 2. The maximum Gasteiger partial charge on any atom is 0.347 e. The number of esters is 3. The Morgan fingerprint density at radius 2 is 1.13 bits per heavy atom. The van der Waals surface area contributed by atoms with Crippen molar-refractivity contribution in [3.8, 4) is 11.5 Å². The average Bonchev–Trinajstić information content (AvgIpc) is 3.35. The van der Waals surface area contributed by atoms with Crippen LogP contribution in [-0.2, 0) is 56.1 Å². The number of ether oxygens (including phenoxy) is 7. The predicted molar refractivity (Wildman–Crippen MR) is 223 cm³/mol. The Balaban J connectivity index is 0.988. The van der Waals surface area contributed by atoms with Crippen molar-refractivity contribution in [2.24, 2.45) is 23.7 Å². The van der Waals surface area contributed by atoms with Crippen LogP contribution in [0.3, 0.4) is 0 Å². The fraction of sp³-hybridized carbons (Fsp3) is 0.426. The molecule has 0 spiro atoms. The predicted octanol–water partition coefficient (Wildman–Crippen LogP) is -2.09. The number of rotatable bonds is 14. The zero-order chi connectivity index (χ0) is 48.7. The van der Waals surface area contributed by atoms with E-state index in [1.807, 2.05) is 0 Å². The minimum atomic E-state index is -3.08. The van der Waals surface area contributed by atoms with Crippen LogP contribution in [0.5, 0.6) is 11.5 Å². The molecule has 362 valence electrons. The second kappa shape index (κ2) is 19.6. The molecule has 4 aliphatic carbocycles. The zero-order valence-corrected chi connectivity index (χ0v) is 35.7. The van der Waals surface area contributed by atoms with E-state index in [9.17, 15) is 69.9 Å². The third kappa shape index (κ3) is 8.60. The van der Waals surface area contributed by atoms with Gasteiger partial charge in [0.05, 0.1) is 18.8 Å². The zero-order valence-electron chi connectivity index (χ0n) is 35.7. The van der Waals surface area contributed by atoms with E-state index in [0.717, 1.165) is 6.08 Å². The number of aliphatic hydroxyl groups excluding tert-OH is 7. The number of carbonyl (C=O) groups excluding carboxylic acids is 5. The number of fused-ring (bicyclic) bond motifs is 1. The quantitative estimate of drug-likeness (QED) is 0.0362. The largest absolute Gasteiger partial charge is 0.462 e. The molecule has 21 heteroatoms. The summed E-state index contributed by atoms with van der Waals surface area (Å²) in [6, 6.07) is 19.4. The Bertz CT molecular complexity index is 2440. The van der Waals surface area contributed by atoms with Crippen LogP contribution in [0.1, 0.15) is 21.5 Å². The molecule has 9 N–H and O–H groups in total. The van der Waals surface area contributed by atoms with Gasteiger partial charge in [0.2, 0.25) is 23.8 Å². The van der Waals surface area contributed by atoms with Gasteiger partial charge in [-0.1, -0.05) is 72.8 Å². The van der Waals surface area contributed by atoms with E-state index in [4.69, 9.17) is 33.2 Å². The lowest BCUT2D eigenvalue weighted by Gasteiger charge is -2.54. The number of allylic oxidation sites excluding steroid dienone is 2. The number of benzene rings is 3. The van der Waals surface area contributed by atoms with Gasteiger partial charge in [0.1, 0.15) is 67.4 Å². The molecule has 16 atom stereocenters. The third-order valence-corrected chi connectivity index (χ3v) is 12.9. The molecule has 0 aromatic heterocycles. The maximum absolute atomic E-state index is 14.1. The summed E-state index contributed by atoms with van der Waals surface area (Å²) in [7, 11) is 0. The highest BCUT2D eigenvalue weighted by molar-refractivity contribution is 6.16. The molecule has 6 aliphatic rings. The summed E-state index contributed by atoms with van der Waals surface area (Å²) in [6.45, 7) is -2.88. The van der Waals surface area contributed by atoms with Crippen molar-refractivity contribution in [3.63, 3.8) is 0 Å². The van der Waals surface area contributed by atoms with Crippen molar-refractivity contribution in [1.82, 2.24) is 0 Å². The molecule has 2 aliphatic heterocycles. The Labute approximate surface area is 385 Å². The summed E-state index contributed by atoms with van der Waals surface area (Å²) in [5, 5.41) is 96.2. The summed E-state index contributed by atoms with van der Waals surface area (Å²) in [4.78, 5) is 68.8. The molecule has 0 radical (unpaired) electrons. The van der Waals surface area contributed by atoms with Gasteiger partial charge in [-0.3, -0.25) is 9.59 Å². The van der Waals surface area contributed by atoms with Gasteiger partial charge >= 0.3 is 17.9 Å². The van der Waals surface area contributed by atoms with Crippen LogP contribution in [0.4, 0.5) is 0 Å². The van der Waals surface area contributed by atoms with Crippen LogP contribution >= 0.6 is 0 Å². The van der Waals surface area contributed by atoms with Crippen molar-refractivity contribution in [1.29, 1.82) is 0 Å². The van der Waals surface area contributed by atoms with Crippen LogP contribution in [0.2, 0.25) is 0 Å². The van der Waals surface area contributed by atoms with Gasteiger partial charge in [0, 0.05) is 28.9 Å². The van der Waals surface area contributed by atoms with Gasteiger partial charge in [-0.2, -0.15) is 0 Å². The summed E-state index contributed by atoms with van der Waals surface area (Å²) >= 11 is 0. The van der Waals surface area contributed by atoms with E-state index < -0.39 is 152 Å². The number of hydrogen-bond donors (Lipinski definition) is 9. The van der Waals surface area contributed by atoms with Gasteiger partial charge in [-0.15, -0.1) is 0 Å². The molecule has 0 amide bonds. The molecule has 3 fully saturated rings. The second-order valence-corrected chi connectivity index (χ2v) is 16.9. The van der Waals surface area contributed by atoms with Gasteiger partial charge in [0.25, 0.3) is 0 Å². The first-order chi connectivity index (χ1) is 32.5. The van der Waals surface area contributed by atoms with Gasteiger partial charge in [-0.25, -0.2) is 14.4 Å². The molecule has 8 unspecified atom stereocenters. The van der Waals surface area contributed by atoms with E-state index >= 15 is 0 Å². The standard InChI is InChI=1S/C47H48O21/c48-18-30-34(51)36(53)38(55)42(66-30)64-28-12-6-4-10-23(28)21-63-45(59)47(61)32(50)17-15-25-26-14-16-27(33(25)47)46(60,40(26)56)44(58)62-20-24-11-5-7-13-29(24)65-43-39(37(54)35(52)31(19-49)67-43)68-41(57)22-8-2-1-3-9-22/h1-17,25-27,30-31,33-39,42-43,48-49,51-55,60-61H,18-21H2/t25?,26?,27?,30?,31?,33?,34-,35-,36?,37?,38+,39+,42-,43-,46-,47+/m0/s1. The molecule has 68 heavy (non-hydrogen) atoms. The van der Waals surface area contributed by atoms with Crippen LogP contribution in [0, 0.1) is 23.7 Å². The Morgan fingerprint density at radius 1 is 0.603 bits per heavy atom. The van der Waals surface area contributed by atoms with Gasteiger partial charge < -0.3 is 79.1 Å². The lowest BCUT2D eigenvalue weighted by molar-refractivity contribution is -0.277. The molecule has 2 saturated heterocycles. The Morgan fingerprint density at radius 3 is 1.74 bits per heavy atom. The minimum Gasteiger partial charge on any atom is -0.462 e. The molecule has 9 rings (SSSR count). The number of para-hydroxylation sites is 2. The number of Topliss-reactive ketones (excluding diaryl/α,β-unsaturated/α-hetero) is 1. The minimum absolute atomic E-state index is 0.0676. The molecule has 2 bridgehead atoms. The first-order valence-electron chi connectivity index (χ1n) is 21.5. The third-order valence-electron chi connectivity index (χ3n) is 12.9. The lowest BCUT2D eigenvalue weighted by atomic mass is 9.49. The Hall–Kier alpha value is -5.95. The second-order valence-electron chi connectivity index (χ2n) is 16.9. The van der Waals surface area contributed by atoms with E-state index in [1.165, 1.54) is 78.9 Å². The summed E-state index contributed by atoms with van der Waals surface area (Å²) in [6.07, 6.45) is -11.5. The SMILES string of the molecule is O=C(O[C@@H]1C(O)[C@@H](O)C(CO)O[C@@H]1Oc1ccccc1COC(=O)[C@@]1(O)C(=O)C2C=CC1C1C2C=CC(=O)[C@]1(O)C(=O)OCc1ccccc1O[C@H]1OC(CO)[C@H](O)C(O)[C@H]1O)c1ccccc1. The van der Waals surface area contributed by atoms with E-state index in [0.29, 0.717) is 0 Å². The molecule has 3 aromatic carbocycles. The molecular weight excluding hydrogens is 900 g/mol. The van der Waals surface area contributed by atoms with Crippen molar-refractivity contribution >= 4 is 29.5 Å². The Kier molecular flexibility index (Phi) is 14.0. The molecular formula is C47H48O21. The van der Waals surface area contributed by atoms with E-state index in [2.05, 4.69) is 0 Å². The average molecular weight is 949 g/mol. The van der Waals surface area contributed by atoms with E-state index in [-0.39, 0.29) is 28.2 Å². The highest BCUT2D eigenvalue weighted by atomic mass is 16.7. The van der Waals surface area contributed by atoms with E-state index in [1.54, 1.807) is 18.2 Å². The summed E-state index contributed by atoms with van der Waals surface area (Å²) in [5.41, 5.74) is -5.87. The smallest absolute Gasteiger partial charge is 0.347 e. The number of carbonyl (C=O) groups is 5. The van der Waals surface area contributed by atoms with Crippen molar-refractivity contribution < 1.29 is 103 Å². The normalized spacial score (nSPS) is 36.1. The van der Waals surface area contributed by atoms with Crippen LogP contribution in [0.25, 0.3) is 0 Å². The number of aliphatic hydroxyl groups is 9. The molecule has 3 aromatic rings. The maximum atomic E-state index is 14.1. The van der Waals surface area contributed by atoms with Gasteiger partial charge in [0.15, 0.2) is 17.7 Å². The fourth-order valence-corrected chi connectivity index (χ4v) is 9.21. The lowest BCUT2D eigenvalue weighted by Crippen LogP contribution is -2.72. The van der Waals surface area contributed by atoms with Crippen molar-refractivity contribution in [2.45, 2.75) is 85.8 Å². The van der Waals surface area contributed by atoms with Crippen LogP contribution < -0.4 is 9.47 Å². The molecule has 1 saturated carbocycles. The summed E-state index contributed by atoms with van der Waals surface area (Å²) in [5.74, 6) is -12.1. The molecule has 2 heterocycles. The van der Waals surface area contributed by atoms with Crippen molar-refractivity contribution in [3.05, 3.63) is 120 Å². The number of hydrogen-bond acceptors (Lipinski definition) is 21. The van der Waals surface area contributed by atoms with Gasteiger partial charge in [-0.05, 0) is 36.3 Å².